The molecule has 0 radical (unpaired) electrons. The van der Waals surface area contributed by atoms with Crippen LogP contribution in [0.2, 0.25) is 18.1 Å². The molecular formula is C11H19BrSi. The van der Waals surface area contributed by atoms with Crippen molar-refractivity contribution in [3.8, 4) is 11.5 Å². The Labute approximate surface area is 91.6 Å². The molecule has 1 fully saturated rings. The van der Waals surface area contributed by atoms with Crippen LogP contribution in [-0.2, 0) is 0 Å². The van der Waals surface area contributed by atoms with Gasteiger partial charge >= 0.3 is 0 Å². The average Bonchev–Trinajstić information content (AvgIpc) is 2.88. The fraction of sp³-hybridized carbons (Fsp3) is 0.818. The molecule has 13 heavy (non-hydrogen) atoms. The Bertz CT molecular complexity index is 220. The smallest absolute Gasteiger partial charge is 0.130 e. The molecule has 0 aromatic rings. The van der Waals surface area contributed by atoms with Crippen molar-refractivity contribution in [3.05, 3.63) is 0 Å². The van der Waals surface area contributed by atoms with E-state index in [9.17, 15) is 0 Å². The molecule has 0 aliphatic heterocycles. The van der Waals surface area contributed by atoms with Gasteiger partial charge in [0.05, 0.1) is 4.32 Å². The molecule has 0 aromatic heterocycles. The summed E-state index contributed by atoms with van der Waals surface area (Å²) in [7, 11) is -1.18. The fourth-order valence-electron chi connectivity index (χ4n) is 1.49. The van der Waals surface area contributed by atoms with Crippen LogP contribution in [0.5, 0.6) is 0 Å². The monoisotopic (exact) mass is 258 g/mol. The highest BCUT2D eigenvalue weighted by Gasteiger charge is 2.38. The van der Waals surface area contributed by atoms with Crippen LogP contribution in [0.1, 0.15) is 33.6 Å². The van der Waals surface area contributed by atoms with Crippen LogP contribution in [-0.4, -0.2) is 12.4 Å². The van der Waals surface area contributed by atoms with E-state index in [4.69, 9.17) is 0 Å². The molecular weight excluding hydrogens is 240 g/mol. The molecule has 0 N–H and O–H groups in total. The van der Waals surface area contributed by atoms with Gasteiger partial charge in [0.15, 0.2) is 0 Å². The quantitative estimate of drug-likeness (QED) is 0.409. The number of halogens is 1. The van der Waals surface area contributed by atoms with Gasteiger partial charge in [0, 0.05) is 0 Å². The molecule has 0 amide bonds. The SMILES string of the molecule is CC[Si](C#CC1(Br)CC1)(CC)CC. The van der Waals surface area contributed by atoms with Crippen molar-refractivity contribution in [2.24, 2.45) is 0 Å². The lowest BCUT2D eigenvalue weighted by molar-refractivity contribution is 1.20. The van der Waals surface area contributed by atoms with Crippen LogP contribution in [0, 0.1) is 11.5 Å². The van der Waals surface area contributed by atoms with Crippen LogP contribution in [0.25, 0.3) is 0 Å². The van der Waals surface area contributed by atoms with Gasteiger partial charge in [-0.3, -0.25) is 0 Å². The van der Waals surface area contributed by atoms with E-state index in [1.165, 1.54) is 31.0 Å². The first-order chi connectivity index (χ1) is 6.10. The van der Waals surface area contributed by atoms with Gasteiger partial charge in [-0.15, -0.1) is 5.54 Å². The Morgan fingerprint density at radius 2 is 1.62 bits per heavy atom. The highest BCUT2D eigenvalue weighted by Crippen LogP contribution is 2.43. The van der Waals surface area contributed by atoms with Gasteiger partial charge in [-0.1, -0.05) is 42.6 Å². The molecule has 1 saturated carbocycles. The van der Waals surface area contributed by atoms with E-state index >= 15 is 0 Å². The van der Waals surface area contributed by atoms with Gasteiger partial charge < -0.3 is 0 Å². The van der Waals surface area contributed by atoms with Gasteiger partial charge in [0.1, 0.15) is 8.07 Å². The Morgan fingerprint density at radius 3 is 1.92 bits per heavy atom. The summed E-state index contributed by atoms with van der Waals surface area (Å²) in [5.74, 6) is 3.46. The number of hydrogen-bond donors (Lipinski definition) is 0. The molecule has 0 bridgehead atoms. The second-order valence-corrected chi connectivity index (χ2v) is 10.5. The molecule has 0 unspecified atom stereocenters. The van der Waals surface area contributed by atoms with Gasteiger partial charge in [0.25, 0.3) is 0 Å². The van der Waals surface area contributed by atoms with Crippen LogP contribution >= 0.6 is 15.9 Å². The van der Waals surface area contributed by atoms with Gasteiger partial charge in [-0.25, -0.2) is 0 Å². The summed E-state index contributed by atoms with van der Waals surface area (Å²) in [4.78, 5) is 0. The largest absolute Gasteiger partial charge is 0.137 e. The maximum absolute atomic E-state index is 3.68. The average molecular weight is 259 g/mol. The van der Waals surface area contributed by atoms with Gasteiger partial charge in [-0.2, -0.15) is 0 Å². The zero-order valence-corrected chi connectivity index (χ0v) is 11.5. The normalized spacial score (nSPS) is 19.1. The first-order valence-corrected chi connectivity index (χ1v) is 8.74. The topological polar surface area (TPSA) is 0 Å². The summed E-state index contributed by atoms with van der Waals surface area (Å²) in [5.41, 5.74) is 3.63. The summed E-state index contributed by atoms with van der Waals surface area (Å²) in [5, 5.41) is 0. The minimum atomic E-state index is -1.18. The fourth-order valence-corrected chi connectivity index (χ4v) is 4.51. The molecule has 1 rings (SSSR count). The van der Waals surface area contributed by atoms with Crippen LogP contribution in [0.15, 0.2) is 0 Å². The summed E-state index contributed by atoms with van der Waals surface area (Å²) in [6.07, 6.45) is 2.50. The van der Waals surface area contributed by atoms with E-state index in [2.05, 4.69) is 48.2 Å². The zero-order valence-electron chi connectivity index (χ0n) is 8.91. The maximum Gasteiger partial charge on any atom is 0.137 e. The third-order valence-corrected chi connectivity index (χ3v) is 8.98. The van der Waals surface area contributed by atoms with Crippen LogP contribution in [0.3, 0.4) is 0 Å². The minimum absolute atomic E-state index is 0.241. The molecule has 0 saturated heterocycles. The molecule has 0 nitrogen and oxygen atoms in total. The first kappa shape index (κ1) is 11.3. The van der Waals surface area contributed by atoms with Crippen molar-refractivity contribution < 1.29 is 0 Å². The molecule has 1 aliphatic rings. The van der Waals surface area contributed by atoms with E-state index < -0.39 is 8.07 Å². The molecule has 1 aliphatic carbocycles. The second kappa shape index (κ2) is 4.19. The first-order valence-electron chi connectivity index (χ1n) is 5.33. The van der Waals surface area contributed by atoms with Gasteiger partial charge in [-0.05, 0) is 31.0 Å². The van der Waals surface area contributed by atoms with Crippen LogP contribution < -0.4 is 0 Å². The van der Waals surface area contributed by atoms with Crippen molar-refractivity contribution in [1.29, 1.82) is 0 Å². The Balaban J connectivity index is 2.69. The van der Waals surface area contributed by atoms with Crippen molar-refractivity contribution in [2.75, 3.05) is 0 Å². The molecule has 74 valence electrons. The van der Waals surface area contributed by atoms with E-state index in [0.717, 1.165) is 0 Å². The van der Waals surface area contributed by atoms with Crippen molar-refractivity contribution in [3.63, 3.8) is 0 Å². The summed E-state index contributed by atoms with van der Waals surface area (Å²) < 4.78 is 0.241. The number of alkyl halides is 1. The summed E-state index contributed by atoms with van der Waals surface area (Å²) >= 11 is 3.68. The second-order valence-electron chi connectivity index (χ2n) is 4.06. The highest BCUT2D eigenvalue weighted by atomic mass is 79.9. The third-order valence-electron chi connectivity index (χ3n) is 3.27. The Kier molecular flexibility index (Phi) is 3.65. The number of rotatable bonds is 3. The summed E-state index contributed by atoms with van der Waals surface area (Å²) in [6.45, 7) is 6.92. The predicted octanol–water partition coefficient (Wildman–Crippen LogP) is 3.97. The van der Waals surface area contributed by atoms with Crippen molar-refractivity contribution in [1.82, 2.24) is 0 Å². The zero-order chi connectivity index (χ0) is 9.95. The van der Waals surface area contributed by atoms with Gasteiger partial charge in [0.2, 0.25) is 0 Å². The molecule has 0 spiro atoms. The van der Waals surface area contributed by atoms with Crippen LogP contribution in [0.4, 0.5) is 0 Å². The highest BCUT2D eigenvalue weighted by molar-refractivity contribution is 9.10. The lowest BCUT2D eigenvalue weighted by atomic mass is 10.5. The van der Waals surface area contributed by atoms with E-state index in [1.54, 1.807) is 0 Å². The standard InChI is InChI=1S/C11H19BrSi/c1-4-13(5-2,6-3)10-9-11(12)7-8-11/h4-8H2,1-3H3. The lowest BCUT2D eigenvalue weighted by Gasteiger charge is -2.20. The molecule has 0 heterocycles. The maximum atomic E-state index is 3.68. The van der Waals surface area contributed by atoms with E-state index in [1.807, 2.05) is 0 Å². The Morgan fingerprint density at radius 1 is 1.15 bits per heavy atom. The predicted molar refractivity (Wildman–Crippen MR) is 65.9 cm³/mol. The minimum Gasteiger partial charge on any atom is -0.130 e. The third kappa shape index (κ3) is 2.85. The summed E-state index contributed by atoms with van der Waals surface area (Å²) in [6, 6.07) is 3.95. The van der Waals surface area contributed by atoms with E-state index in [-0.39, 0.29) is 4.32 Å². The van der Waals surface area contributed by atoms with Crippen molar-refractivity contribution >= 4 is 24.0 Å². The molecule has 2 heteroatoms. The van der Waals surface area contributed by atoms with Crippen molar-refractivity contribution in [2.45, 2.75) is 56.1 Å². The molecule has 0 atom stereocenters. The Hall–Kier alpha value is 0.257. The molecule has 0 aromatic carbocycles. The van der Waals surface area contributed by atoms with E-state index in [0.29, 0.717) is 0 Å². The lowest BCUT2D eigenvalue weighted by Crippen LogP contribution is -2.29. The number of hydrogen-bond acceptors (Lipinski definition) is 0.